The molecule has 3 heteroatoms. The molecule has 0 N–H and O–H groups in total. The van der Waals surface area contributed by atoms with Gasteiger partial charge < -0.3 is 4.90 Å². The van der Waals surface area contributed by atoms with Crippen molar-refractivity contribution in [3.05, 3.63) is 35.9 Å². The van der Waals surface area contributed by atoms with Crippen molar-refractivity contribution >= 4 is 0 Å². The van der Waals surface area contributed by atoms with Crippen LogP contribution in [-0.4, -0.2) is 35.5 Å². The molecule has 1 aliphatic rings. The Morgan fingerprint density at radius 2 is 2.00 bits per heavy atom. The molecule has 1 aromatic rings. The lowest BCUT2D eigenvalue weighted by Gasteiger charge is -2.26. The van der Waals surface area contributed by atoms with Crippen LogP contribution in [0.1, 0.15) is 18.9 Å². The molecule has 17 heavy (non-hydrogen) atoms. The summed E-state index contributed by atoms with van der Waals surface area (Å²) in [5.74, 6) is 0. The van der Waals surface area contributed by atoms with Crippen LogP contribution >= 0.6 is 0 Å². The topological polar surface area (TPSA) is 30.3 Å². The van der Waals surface area contributed by atoms with Gasteiger partial charge in [0.05, 0.1) is 0 Å². The van der Waals surface area contributed by atoms with E-state index < -0.39 is 0 Å². The number of hydrogen-bond donors (Lipinski definition) is 0. The van der Waals surface area contributed by atoms with Crippen molar-refractivity contribution < 1.29 is 0 Å². The van der Waals surface area contributed by atoms with Crippen LogP contribution in [0.3, 0.4) is 0 Å². The molecule has 1 heterocycles. The lowest BCUT2D eigenvalue weighted by molar-refractivity contribution is 0.209. The minimum absolute atomic E-state index is 0.550. The molecular formula is C14H19N3. The Morgan fingerprint density at radius 3 is 2.71 bits per heavy atom. The first kappa shape index (κ1) is 11.9. The maximum Gasteiger partial charge on any atom is 0.179 e. The summed E-state index contributed by atoms with van der Waals surface area (Å²) in [5, 5.41) is 8.94. The zero-order chi connectivity index (χ0) is 12.1. The van der Waals surface area contributed by atoms with Gasteiger partial charge in [-0.05, 0) is 18.9 Å². The second-order valence-electron chi connectivity index (χ2n) is 4.68. The van der Waals surface area contributed by atoms with E-state index in [1.54, 1.807) is 0 Å². The van der Waals surface area contributed by atoms with Gasteiger partial charge in [0, 0.05) is 32.2 Å². The second kappa shape index (κ2) is 5.70. The van der Waals surface area contributed by atoms with Crippen molar-refractivity contribution in [1.82, 2.24) is 9.80 Å². The highest BCUT2D eigenvalue weighted by molar-refractivity contribution is 5.14. The molecule has 1 fully saturated rings. The molecule has 0 aromatic heterocycles. The first-order valence-electron chi connectivity index (χ1n) is 6.22. The molecule has 0 aliphatic carbocycles. The number of nitriles is 1. The van der Waals surface area contributed by atoms with Gasteiger partial charge in [0.1, 0.15) is 0 Å². The molecule has 0 spiro atoms. The predicted molar refractivity (Wildman–Crippen MR) is 68.1 cm³/mol. The van der Waals surface area contributed by atoms with E-state index in [-0.39, 0.29) is 0 Å². The smallest absolute Gasteiger partial charge is 0.179 e. The van der Waals surface area contributed by atoms with Gasteiger partial charge in [-0.2, -0.15) is 5.26 Å². The fourth-order valence-electron chi connectivity index (χ4n) is 2.26. The van der Waals surface area contributed by atoms with Crippen LogP contribution in [0, 0.1) is 11.5 Å². The summed E-state index contributed by atoms with van der Waals surface area (Å²) < 4.78 is 0. The van der Waals surface area contributed by atoms with E-state index in [2.05, 4.69) is 42.3 Å². The monoisotopic (exact) mass is 229 g/mol. The summed E-state index contributed by atoms with van der Waals surface area (Å²) >= 11 is 0. The molecule has 0 bridgehead atoms. The Bertz CT molecular complexity index is 382. The Hall–Kier alpha value is -1.53. The van der Waals surface area contributed by atoms with Crippen LogP contribution < -0.4 is 0 Å². The van der Waals surface area contributed by atoms with E-state index in [1.807, 2.05) is 11.0 Å². The highest BCUT2D eigenvalue weighted by Gasteiger charge is 2.19. The number of rotatable bonds is 2. The maximum atomic E-state index is 8.94. The SMILES string of the molecule is CC1CCN(C#N)CCN1Cc1ccccc1. The van der Waals surface area contributed by atoms with E-state index >= 15 is 0 Å². The normalized spacial score (nSPS) is 21.9. The summed E-state index contributed by atoms with van der Waals surface area (Å²) in [7, 11) is 0. The molecule has 1 aromatic carbocycles. The van der Waals surface area contributed by atoms with E-state index in [0.29, 0.717) is 6.04 Å². The molecule has 90 valence electrons. The van der Waals surface area contributed by atoms with Crippen molar-refractivity contribution in [2.45, 2.75) is 25.9 Å². The third-order valence-electron chi connectivity index (χ3n) is 3.47. The number of hydrogen-bond acceptors (Lipinski definition) is 3. The zero-order valence-electron chi connectivity index (χ0n) is 10.3. The molecule has 3 nitrogen and oxygen atoms in total. The first-order chi connectivity index (χ1) is 8.29. The van der Waals surface area contributed by atoms with Gasteiger partial charge in [0.15, 0.2) is 6.19 Å². The zero-order valence-corrected chi connectivity index (χ0v) is 10.3. The molecular weight excluding hydrogens is 210 g/mol. The Morgan fingerprint density at radius 1 is 1.24 bits per heavy atom. The molecule has 0 amide bonds. The van der Waals surface area contributed by atoms with E-state index in [1.165, 1.54) is 5.56 Å². The van der Waals surface area contributed by atoms with E-state index in [4.69, 9.17) is 5.26 Å². The Labute approximate surface area is 103 Å². The molecule has 1 saturated heterocycles. The summed E-state index contributed by atoms with van der Waals surface area (Å²) in [6, 6.07) is 11.1. The first-order valence-corrected chi connectivity index (χ1v) is 6.22. The molecule has 0 radical (unpaired) electrons. The molecule has 0 saturated carbocycles. The van der Waals surface area contributed by atoms with Gasteiger partial charge >= 0.3 is 0 Å². The molecule has 1 unspecified atom stereocenters. The Kier molecular flexibility index (Phi) is 4.00. The van der Waals surface area contributed by atoms with E-state index in [0.717, 1.165) is 32.6 Å². The summed E-state index contributed by atoms with van der Waals surface area (Å²) in [6.45, 7) is 5.96. The standard InChI is InChI=1S/C14H19N3/c1-13-7-8-16(12-15)9-10-17(13)11-14-5-3-2-4-6-14/h2-6,13H,7-11H2,1H3. The molecule has 1 atom stereocenters. The van der Waals surface area contributed by atoms with Crippen LogP contribution in [-0.2, 0) is 6.54 Å². The lowest BCUT2D eigenvalue weighted by atomic mass is 10.1. The van der Waals surface area contributed by atoms with Crippen LogP contribution in [0.25, 0.3) is 0 Å². The van der Waals surface area contributed by atoms with Crippen molar-refractivity contribution in [2.75, 3.05) is 19.6 Å². The van der Waals surface area contributed by atoms with Crippen LogP contribution in [0.15, 0.2) is 30.3 Å². The minimum atomic E-state index is 0.550. The average Bonchev–Trinajstić information content (AvgIpc) is 2.54. The number of benzene rings is 1. The van der Waals surface area contributed by atoms with Gasteiger partial charge in [-0.1, -0.05) is 30.3 Å². The minimum Gasteiger partial charge on any atom is -0.309 e. The van der Waals surface area contributed by atoms with Gasteiger partial charge in [0.2, 0.25) is 0 Å². The second-order valence-corrected chi connectivity index (χ2v) is 4.68. The van der Waals surface area contributed by atoms with Crippen molar-refractivity contribution in [3.63, 3.8) is 0 Å². The predicted octanol–water partition coefficient (Wildman–Crippen LogP) is 2.06. The highest BCUT2D eigenvalue weighted by Crippen LogP contribution is 2.14. The fourth-order valence-corrected chi connectivity index (χ4v) is 2.26. The van der Waals surface area contributed by atoms with Crippen LogP contribution in [0.2, 0.25) is 0 Å². The van der Waals surface area contributed by atoms with E-state index in [9.17, 15) is 0 Å². The molecule has 2 rings (SSSR count). The Balaban J connectivity index is 1.98. The quantitative estimate of drug-likeness (QED) is 0.727. The van der Waals surface area contributed by atoms with Crippen LogP contribution in [0.5, 0.6) is 0 Å². The van der Waals surface area contributed by atoms with Crippen LogP contribution in [0.4, 0.5) is 0 Å². The summed E-state index contributed by atoms with van der Waals surface area (Å²) in [5.41, 5.74) is 1.35. The van der Waals surface area contributed by atoms with Gasteiger partial charge in [-0.3, -0.25) is 4.90 Å². The van der Waals surface area contributed by atoms with Gasteiger partial charge in [0.25, 0.3) is 0 Å². The van der Waals surface area contributed by atoms with Gasteiger partial charge in [-0.25, -0.2) is 0 Å². The average molecular weight is 229 g/mol. The third-order valence-corrected chi connectivity index (χ3v) is 3.47. The third kappa shape index (κ3) is 3.21. The fraction of sp³-hybridized carbons (Fsp3) is 0.500. The highest BCUT2D eigenvalue weighted by atomic mass is 15.2. The maximum absolute atomic E-state index is 8.94. The van der Waals surface area contributed by atoms with Crippen molar-refractivity contribution in [1.29, 1.82) is 5.26 Å². The largest absolute Gasteiger partial charge is 0.309 e. The lowest BCUT2D eigenvalue weighted by Crippen LogP contribution is -2.33. The van der Waals surface area contributed by atoms with Crippen molar-refractivity contribution in [3.8, 4) is 6.19 Å². The molecule has 1 aliphatic heterocycles. The summed E-state index contributed by atoms with van der Waals surface area (Å²) in [4.78, 5) is 4.33. The van der Waals surface area contributed by atoms with Gasteiger partial charge in [-0.15, -0.1) is 0 Å². The van der Waals surface area contributed by atoms with Crippen molar-refractivity contribution in [2.24, 2.45) is 0 Å². The summed E-state index contributed by atoms with van der Waals surface area (Å²) in [6.07, 6.45) is 3.33. The number of nitrogens with zero attached hydrogens (tertiary/aromatic N) is 3.